The summed E-state index contributed by atoms with van der Waals surface area (Å²) in [7, 11) is 2.15. The minimum Gasteiger partial charge on any atom is -0.507 e. The predicted molar refractivity (Wildman–Crippen MR) is 281 cm³/mol. The highest BCUT2D eigenvalue weighted by atomic mass is 16.7. The molecule has 0 spiro atoms. The fourth-order valence-electron chi connectivity index (χ4n) is 12.6. The zero-order valence-corrected chi connectivity index (χ0v) is 45.5. The molecule has 0 bridgehead atoms. The molecular weight excluding hydrogens is 1110 g/mol. The molecule has 26 nitrogen and oxygen atoms in total. The Kier molecular flexibility index (Phi) is 15.6. The molecule has 6 aliphatic rings. The number of carbonyl (C=O) groups excluding carboxylic acids is 8. The number of benzene rings is 4. The second-order valence-electron chi connectivity index (χ2n) is 22.0. The Labute approximate surface area is 476 Å². The number of aliphatic hydroxyl groups is 6. The summed E-state index contributed by atoms with van der Waals surface area (Å²) in [6.45, 7) is 0.705. The van der Waals surface area contributed by atoms with Gasteiger partial charge in [0, 0.05) is 96.8 Å². The molecule has 12 atom stereocenters. The second kappa shape index (κ2) is 21.9. The molecule has 2 fully saturated rings. The number of fused-ring (bicyclic) bond motifs is 6. The quantitative estimate of drug-likeness (QED) is 0.0481. The molecule has 0 aromatic heterocycles. The summed E-state index contributed by atoms with van der Waals surface area (Å²) in [5.41, 5.74) is 0.435. The number of Topliss-reactive ketones (excluding diaryl/α,β-unsaturated/α-hetero) is 4. The van der Waals surface area contributed by atoms with Crippen LogP contribution in [-0.2, 0) is 41.4 Å². The average Bonchev–Trinajstić information content (AvgIpc) is 2.57. The molecule has 10 rings (SSSR count). The van der Waals surface area contributed by atoms with E-state index in [2.05, 4.69) is 0 Å². The maximum atomic E-state index is 14.8. The Morgan fingerprint density at radius 2 is 0.905 bits per heavy atom. The monoisotopic (exact) mass is 1170 g/mol. The minimum absolute atomic E-state index is 0.130. The van der Waals surface area contributed by atoms with E-state index in [0.717, 1.165) is 38.5 Å². The smallest absolute Gasteiger partial charge is 0.202 e. The van der Waals surface area contributed by atoms with Gasteiger partial charge in [-0.1, -0.05) is 0 Å². The van der Waals surface area contributed by atoms with E-state index in [-0.39, 0.29) is 46.2 Å². The van der Waals surface area contributed by atoms with Crippen molar-refractivity contribution in [1.29, 1.82) is 0 Å². The van der Waals surface area contributed by atoms with E-state index in [1.165, 1.54) is 13.8 Å². The molecule has 446 valence electrons. The molecule has 26 heteroatoms. The van der Waals surface area contributed by atoms with Crippen molar-refractivity contribution in [3.8, 4) is 34.5 Å². The first kappa shape index (κ1) is 59.7. The first-order chi connectivity index (χ1) is 39.7. The number of methoxy groups -OCH3 is 2. The highest BCUT2D eigenvalue weighted by Gasteiger charge is 2.53. The van der Waals surface area contributed by atoms with Crippen molar-refractivity contribution in [1.82, 2.24) is 0 Å². The summed E-state index contributed by atoms with van der Waals surface area (Å²) in [4.78, 5) is 113. The lowest BCUT2D eigenvalue weighted by Crippen LogP contribution is -2.53. The standard InChI is InChI=1S/C58H60N2O24/c1-19-45(67)27(59)11-35(81-19)83-31-15-57(77,33(65)17-61)13-25-37(31)51(73)43-41(49(25)71)47(69)23-7-5-21(55(79-3)39(23)53(43)75)29(63)9-10-30(64)22-6-8-24-40(56(22)80-4)54(76)44-42(48(24)70)50(72)26-14-58(78,34(66)18-62)16-32(38(26)52(44)74)84-36-12-28(60)46(68)20(2)82-36/h5-8,19-20,27-28,31-32,35-36,45-46,61-62,67-68,71-74,77-78H,9-18,59-60H2,1-4H3/t19-,20-,27-,28-,31-,32-,35-,36-,45+,46+,57-,58-/m0/s1. The maximum Gasteiger partial charge on any atom is 0.202 e. The molecule has 4 aromatic carbocycles. The summed E-state index contributed by atoms with van der Waals surface area (Å²) in [6, 6.07) is 2.64. The summed E-state index contributed by atoms with van der Waals surface area (Å²) < 4.78 is 35.0. The number of rotatable bonds is 15. The zero-order valence-electron chi connectivity index (χ0n) is 45.5. The third kappa shape index (κ3) is 9.36. The summed E-state index contributed by atoms with van der Waals surface area (Å²) in [6.07, 6.45) is -14.0. The Morgan fingerprint density at radius 3 is 1.23 bits per heavy atom. The molecule has 84 heavy (non-hydrogen) atoms. The largest absolute Gasteiger partial charge is 0.507 e. The Hall–Kier alpha value is -7.44. The van der Waals surface area contributed by atoms with Crippen LogP contribution in [0.4, 0.5) is 0 Å². The molecule has 0 amide bonds. The normalized spacial score (nSPS) is 28.7. The molecule has 4 aromatic rings. The van der Waals surface area contributed by atoms with Gasteiger partial charge in [-0.15, -0.1) is 0 Å². The summed E-state index contributed by atoms with van der Waals surface area (Å²) in [5.74, 6) is -12.8. The van der Waals surface area contributed by atoms with Gasteiger partial charge in [0.1, 0.15) is 58.9 Å². The predicted octanol–water partition coefficient (Wildman–Crippen LogP) is 0.162. The molecule has 0 radical (unpaired) electrons. The molecule has 0 unspecified atom stereocenters. The maximum absolute atomic E-state index is 14.8. The number of phenolic OH excluding ortho intramolecular Hbond substituents is 4. The van der Waals surface area contributed by atoms with Crippen LogP contribution in [0.3, 0.4) is 0 Å². The van der Waals surface area contributed by atoms with Crippen molar-refractivity contribution in [3.05, 3.63) is 102 Å². The van der Waals surface area contributed by atoms with Gasteiger partial charge in [0.2, 0.25) is 11.6 Å². The molecule has 2 saturated heterocycles. The Morgan fingerprint density at radius 1 is 0.560 bits per heavy atom. The van der Waals surface area contributed by atoms with Crippen LogP contribution in [0.5, 0.6) is 34.5 Å². The number of phenols is 4. The lowest BCUT2D eigenvalue weighted by molar-refractivity contribution is -0.247. The first-order valence-corrected chi connectivity index (χ1v) is 26.8. The second-order valence-corrected chi connectivity index (χ2v) is 22.0. The van der Waals surface area contributed by atoms with Crippen molar-refractivity contribution in [2.45, 2.75) is 138 Å². The Bertz CT molecular complexity index is 3300. The topological polar surface area (TPSA) is 446 Å². The number of hydrogen-bond donors (Lipinski definition) is 12. The van der Waals surface area contributed by atoms with Gasteiger partial charge < -0.3 is 91.0 Å². The van der Waals surface area contributed by atoms with E-state index in [1.54, 1.807) is 0 Å². The minimum atomic E-state index is -2.44. The number of ketones is 8. The third-order valence-electron chi connectivity index (χ3n) is 17.0. The van der Waals surface area contributed by atoms with E-state index in [1.807, 2.05) is 0 Å². The molecular formula is C58H60N2O24. The van der Waals surface area contributed by atoms with Crippen LogP contribution >= 0.6 is 0 Å². The van der Waals surface area contributed by atoms with E-state index < -0.39 is 249 Å². The van der Waals surface area contributed by atoms with Crippen molar-refractivity contribution < 1.29 is 118 Å². The number of aliphatic hydroxyl groups excluding tert-OH is 4. The summed E-state index contributed by atoms with van der Waals surface area (Å²) >= 11 is 0. The molecule has 2 heterocycles. The number of ether oxygens (including phenoxy) is 6. The highest BCUT2D eigenvalue weighted by Crippen LogP contribution is 2.55. The lowest BCUT2D eigenvalue weighted by Gasteiger charge is -2.42. The van der Waals surface area contributed by atoms with Crippen LogP contribution in [0.25, 0.3) is 0 Å². The van der Waals surface area contributed by atoms with Gasteiger partial charge in [0.25, 0.3) is 0 Å². The van der Waals surface area contributed by atoms with Crippen LogP contribution in [0.1, 0.15) is 171 Å². The van der Waals surface area contributed by atoms with Crippen LogP contribution < -0.4 is 20.9 Å². The lowest BCUT2D eigenvalue weighted by atomic mass is 9.71. The number of aromatic hydroxyl groups is 4. The van der Waals surface area contributed by atoms with Crippen LogP contribution in [0, 0.1) is 0 Å². The van der Waals surface area contributed by atoms with Gasteiger partial charge in [-0.25, -0.2) is 0 Å². The number of hydrogen-bond acceptors (Lipinski definition) is 26. The molecule has 4 aliphatic carbocycles. The summed E-state index contributed by atoms with van der Waals surface area (Å²) in [5, 5.41) is 111. The van der Waals surface area contributed by atoms with Gasteiger partial charge in [-0.05, 0) is 38.1 Å². The third-order valence-corrected chi connectivity index (χ3v) is 17.0. The molecule has 14 N–H and O–H groups in total. The Balaban J connectivity index is 0.951. The molecule has 2 aliphatic heterocycles. The zero-order chi connectivity index (χ0) is 61.1. The van der Waals surface area contributed by atoms with Crippen LogP contribution in [-0.4, -0.2) is 185 Å². The fraction of sp³-hybridized carbons (Fsp3) is 0.448. The highest BCUT2D eigenvalue weighted by molar-refractivity contribution is 6.33. The van der Waals surface area contributed by atoms with Crippen LogP contribution in [0.2, 0.25) is 0 Å². The number of carbonyl (C=O) groups is 8. The van der Waals surface area contributed by atoms with Crippen molar-refractivity contribution >= 4 is 46.3 Å². The van der Waals surface area contributed by atoms with Gasteiger partial charge >= 0.3 is 0 Å². The molecule has 0 saturated carbocycles. The van der Waals surface area contributed by atoms with Crippen molar-refractivity contribution in [3.63, 3.8) is 0 Å². The average molecular weight is 1170 g/mol. The van der Waals surface area contributed by atoms with Gasteiger partial charge in [0.15, 0.2) is 47.3 Å². The van der Waals surface area contributed by atoms with Crippen molar-refractivity contribution in [2.24, 2.45) is 11.5 Å². The van der Waals surface area contributed by atoms with Gasteiger partial charge in [0.05, 0.1) is 95.4 Å². The van der Waals surface area contributed by atoms with Gasteiger partial charge in [-0.2, -0.15) is 0 Å². The SMILES string of the molecule is COc1c(C(=O)CCC(=O)c2ccc3c(c2OC)C(=O)c2c(O)c4c(c(O)c2C3=O)C[C@@](O)(C(=O)CO)C[C@@H]4O[C@H]2C[C@H](N)[C@H](O)[C@H](C)O2)ccc2c1C(=O)c1c(O)c3c(c(O)c1C2=O)C[C@@](O)(C(=O)CO)C[C@@H]3O[C@H]1C[C@H](N)[C@H](O)[C@H](C)O1. The van der Waals surface area contributed by atoms with Crippen molar-refractivity contribution in [2.75, 3.05) is 27.4 Å². The van der Waals surface area contributed by atoms with E-state index >= 15 is 0 Å². The fourth-order valence-corrected chi connectivity index (χ4v) is 12.6. The van der Waals surface area contributed by atoms with E-state index in [9.17, 15) is 89.4 Å². The van der Waals surface area contributed by atoms with Crippen LogP contribution in [0.15, 0.2) is 24.3 Å². The number of nitrogens with two attached hydrogens (primary N) is 2. The van der Waals surface area contributed by atoms with E-state index in [4.69, 9.17) is 39.9 Å². The first-order valence-electron chi connectivity index (χ1n) is 26.8. The van der Waals surface area contributed by atoms with Gasteiger partial charge in [-0.3, -0.25) is 38.4 Å². The van der Waals surface area contributed by atoms with E-state index in [0.29, 0.717) is 0 Å².